The van der Waals surface area contributed by atoms with Gasteiger partial charge in [0.2, 0.25) is 5.91 Å². The molecule has 0 aromatic heterocycles. The van der Waals surface area contributed by atoms with Crippen LogP contribution in [0.5, 0.6) is 5.75 Å². The molecule has 126 valence electrons. The fourth-order valence-electron chi connectivity index (χ4n) is 3.01. The number of carbonyl (C=O) groups excluding carboxylic acids is 1. The van der Waals surface area contributed by atoms with Crippen LogP contribution in [0, 0.1) is 5.92 Å². The summed E-state index contributed by atoms with van der Waals surface area (Å²) in [5, 5.41) is 3.84. The summed E-state index contributed by atoms with van der Waals surface area (Å²) in [6.07, 6.45) is 0.902. The maximum Gasteiger partial charge on any atom is 0.224 e. The van der Waals surface area contributed by atoms with Gasteiger partial charge in [-0.15, -0.1) is 0 Å². The minimum atomic E-state index is -0.0376. The van der Waals surface area contributed by atoms with Gasteiger partial charge >= 0.3 is 0 Å². The molecule has 1 aliphatic carbocycles. The van der Waals surface area contributed by atoms with Gasteiger partial charge in [0.15, 0.2) is 0 Å². The van der Waals surface area contributed by atoms with Crippen molar-refractivity contribution in [2.75, 3.05) is 6.61 Å². The van der Waals surface area contributed by atoms with Crippen molar-refractivity contribution < 1.29 is 9.53 Å². The lowest BCUT2D eigenvalue weighted by molar-refractivity contribution is -0.123. The summed E-state index contributed by atoms with van der Waals surface area (Å²) < 4.78 is 5.52. The van der Waals surface area contributed by atoms with E-state index in [4.69, 9.17) is 16.3 Å². The van der Waals surface area contributed by atoms with Gasteiger partial charge in [0.05, 0.1) is 12.6 Å². The third-order valence-electron chi connectivity index (χ3n) is 4.45. The lowest BCUT2D eigenvalue weighted by atomic mass is 10.1. The zero-order valence-electron chi connectivity index (χ0n) is 14.0. The van der Waals surface area contributed by atoms with Gasteiger partial charge in [-0.1, -0.05) is 35.9 Å². The minimum Gasteiger partial charge on any atom is -0.494 e. The first-order chi connectivity index (χ1) is 11.6. The number of benzene rings is 2. The Hall–Kier alpha value is -2.00. The average molecular weight is 344 g/mol. The van der Waals surface area contributed by atoms with E-state index in [2.05, 4.69) is 5.32 Å². The maximum atomic E-state index is 12.5. The Bertz CT molecular complexity index is 714. The first kappa shape index (κ1) is 16.8. The molecule has 0 spiro atoms. The van der Waals surface area contributed by atoms with Crippen molar-refractivity contribution in [2.45, 2.75) is 32.2 Å². The van der Waals surface area contributed by atoms with Gasteiger partial charge in [-0.2, -0.15) is 0 Å². The summed E-state index contributed by atoms with van der Waals surface area (Å²) in [5.41, 5.74) is 2.24. The number of halogens is 1. The number of amides is 1. The number of carbonyl (C=O) groups is 1. The molecule has 1 saturated carbocycles. The molecule has 1 N–H and O–H groups in total. The van der Waals surface area contributed by atoms with Crippen molar-refractivity contribution in [2.24, 2.45) is 5.92 Å². The van der Waals surface area contributed by atoms with Gasteiger partial charge in [-0.25, -0.2) is 0 Å². The van der Waals surface area contributed by atoms with Crippen LogP contribution in [0.1, 0.15) is 43.4 Å². The van der Waals surface area contributed by atoms with Crippen molar-refractivity contribution in [3.8, 4) is 5.75 Å². The Kier molecular flexibility index (Phi) is 5.10. The van der Waals surface area contributed by atoms with E-state index in [0.29, 0.717) is 12.5 Å². The van der Waals surface area contributed by atoms with Crippen LogP contribution >= 0.6 is 11.6 Å². The van der Waals surface area contributed by atoms with E-state index in [9.17, 15) is 4.79 Å². The molecule has 2 aromatic carbocycles. The van der Waals surface area contributed by atoms with E-state index >= 15 is 0 Å². The minimum absolute atomic E-state index is 0.0376. The molecule has 1 fully saturated rings. The highest BCUT2D eigenvalue weighted by atomic mass is 35.5. The monoisotopic (exact) mass is 343 g/mol. The summed E-state index contributed by atoms with van der Waals surface area (Å²) in [7, 11) is 0. The molecule has 3 unspecified atom stereocenters. The van der Waals surface area contributed by atoms with Crippen LogP contribution in [-0.2, 0) is 4.79 Å². The highest BCUT2D eigenvalue weighted by molar-refractivity contribution is 6.30. The van der Waals surface area contributed by atoms with Crippen molar-refractivity contribution in [1.82, 2.24) is 5.32 Å². The molecule has 3 atom stereocenters. The molecule has 24 heavy (non-hydrogen) atoms. The molecular formula is C20H22ClNO2. The molecular weight excluding hydrogens is 322 g/mol. The third kappa shape index (κ3) is 3.90. The van der Waals surface area contributed by atoms with Gasteiger partial charge < -0.3 is 10.1 Å². The molecule has 2 aromatic rings. The Labute approximate surface area is 148 Å². The van der Waals surface area contributed by atoms with Crippen molar-refractivity contribution in [3.05, 3.63) is 64.7 Å². The highest BCUT2D eigenvalue weighted by Gasteiger charge is 2.44. The standard InChI is InChI=1S/C20H22ClNO2/c1-3-24-17-6-4-5-15(11-17)13(2)22-20(23)19-12-18(19)14-7-9-16(21)10-8-14/h4-11,13,18-19H,3,12H2,1-2H3,(H,22,23). The van der Waals surface area contributed by atoms with Crippen LogP contribution in [0.15, 0.2) is 48.5 Å². The van der Waals surface area contributed by atoms with Crippen LogP contribution < -0.4 is 10.1 Å². The first-order valence-corrected chi connectivity index (χ1v) is 8.75. The van der Waals surface area contributed by atoms with Gasteiger partial charge in [0.25, 0.3) is 0 Å². The zero-order valence-corrected chi connectivity index (χ0v) is 14.7. The number of hydrogen-bond donors (Lipinski definition) is 1. The van der Waals surface area contributed by atoms with E-state index in [1.807, 2.05) is 62.4 Å². The summed E-state index contributed by atoms with van der Waals surface area (Å²) in [5.74, 6) is 1.32. The van der Waals surface area contributed by atoms with Crippen molar-refractivity contribution >= 4 is 17.5 Å². The Morgan fingerprint density at radius 2 is 2.04 bits per heavy atom. The van der Waals surface area contributed by atoms with Crippen LogP contribution in [-0.4, -0.2) is 12.5 Å². The smallest absolute Gasteiger partial charge is 0.224 e. The summed E-state index contributed by atoms with van der Waals surface area (Å²) in [4.78, 5) is 12.5. The quantitative estimate of drug-likeness (QED) is 0.824. The Morgan fingerprint density at radius 1 is 1.29 bits per heavy atom. The Morgan fingerprint density at radius 3 is 2.75 bits per heavy atom. The van der Waals surface area contributed by atoms with Crippen molar-refractivity contribution in [1.29, 1.82) is 0 Å². The van der Waals surface area contributed by atoms with Crippen LogP contribution in [0.3, 0.4) is 0 Å². The van der Waals surface area contributed by atoms with Gasteiger partial charge in [0, 0.05) is 10.9 Å². The molecule has 4 heteroatoms. The number of ether oxygens (including phenoxy) is 1. The van der Waals surface area contributed by atoms with Gasteiger partial charge in [-0.05, 0) is 61.6 Å². The highest BCUT2D eigenvalue weighted by Crippen LogP contribution is 2.47. The summed E-state index contributed by atoms with van der Waals surface area (Å²) >= 11 is 5.92. The van der Waals surface area contributed by atoms with Gasteiger partial charge in [0.1, 0.15) is 5.75 Å². The van der Waals surface area contributed by atoms with E-state index < -0.39 is 0 Å². The molecule has 3 rings (SSSR count). The van der Waals surface area contributed by atoms with E-state index in [1.165, 1.54) is 5.56 Å². The van der Waals surface area contributed by atoms with Crippen molar-refractivity contribution in [3.63, 3.8) is 0 Å². The second-order valence-electron chi connectivity index (χ2n) is 6.24. The molecule has 0 radical (unpaired) electrons. The topological polar surface area (TPSA) is 38.3 Å². The molecule has 3 nitrogen and oxygen atoms in total. The summed E-state index contributed by atoms with van der Waals surface area (Å²) in [6, 6.07) is 15.6. The molecule has 0 heterocycles. The van der Waals surface area contributed by atoms with Crippen LogP contribution in [0.4, 0.5) is 0 Å². The van der Waals surface area contributed by atoms with E-state index in [0.717, 1.165) is 22.8 Å². The lowest BCUT2D eigenvalue weighted by Gasteiger charge is -2.15. The van der Waals surface area contributed by atoms with E-state index in [1.54, 1.807) is 0 Å². The molecule has 0 saturated heterocycles. The second-order valence-corrected chi connectivity index (χ2v) is 6.67. The number of hydrogen-bond acceptors (Lipinski definition) is 2. The molecule has 0 aliphatic heterocycles. The number of rotatable bonds is 6. The Balaban J connectivity index is 1.59. The van der Waals surface area contributed by atoms with E-state index in [-0.39, 0.29) is 17.9 Å². The summed E-state index contributed by atoms with van der Waals surface area (Å²) in [6.45, 7) is 4.60. The predicted molar refractivity (Wildman–Crippen MR) is 96.5 cm³/mol. The third-order valence-corrected chi connectivity index (χ3v) is 4.71. The average Bonchev–Trinajstić information content (AvgIpc) is 3.37. The maximum absolute atomic E-state index is 12.5. The SMILES string of the molecule is CCOc1cccc(C(C)NC(=O)C2CC2c2ccc(Cl)cc2)c1. The lowest BCUT2D eigenvalue weighted by Crippen LogP contribution is -2.28. The fraction of sp³-hybridized carbons (Fsp3) is 0.350. The molecule has 0 bridgehead atoms. The fourth-order valence-corrected chi connectivity index (χ4v) is 3.13. The largest absolute Gasteiger partial charge is 0.494 e. The normalized spacial score (nSPS) is 20.3. The predicted octanol–water partition coefficient (Wildman–Crippen LogP) is 4.72. The second kappa shape index (κ2) is 7.27. The van der Waals surface area contributed by atoms with Crippen LogP contribution in [0.2, 0.25) is 5.02 Å². The van der Waals surface area contributed by atoms with Crippen LogP contribution in [0.25, 0.3) is 0 Å². The zero-order chi connectivity index (χ0) is 17.1. The van der Waals surface area contributed by atoms with Gasteiger partial charge in [-0.3, -0.25) is 4.79 Å². The number of nitrogens with one attached hydrogen (secondary N) is 1. The first-order valence-electron chi connectivity index (χ1n) is 8.37. The molecule has 1 amide bonds. The molecule has 1 aliphatic rings.